The van der Waals surface area contributed by atoms with E-state index in [2.05, 4.69) is 17.3 Å². The van der Waals surface area contributed by atoms with Crippen LogP contribution in [0, 0.1) is 5.92 Å². The predicted molar refractivity (Wildman–Crippen MR) is 192 cm³/mol. The largest absolute Gasteiger partial charge is 0.493 e. The van der Waals surface area contributed by atoms with E-state index in [-0.39, 0.29) is 33.9 Å². The van der Waals surface area contributed by atoms with E-state index in [9.17, 15) is 19.9 Å². The first kappa shape index (κ1) is 37.4. The molecule has 266 valence electrons. The molecule has 3 N–H and O–H groups in total. The predicted octanol–water partition coefficient (Wildman–Crippen LogP) is 6.78. The minimum absolute atomic E-state index is 0.141. The number of benzene rings is 2. The van der Waals surface area contributed by atoms with Gasteiger partial charge in [-0.15, -0.1) is 11.3 Å². The molecule has 2 aromatic heterocycles. The third-order valence-corrected chi connectivity index (χ3v) is 10.7. The number of likely N-dealkylation sites (tertiary alicyclic amines) is 1. The molecule has 0 saturated carbocycles. The fourth-order valence-corrected chi connectivity index (χ4v) is 7.81. The van der Waals surface area contributed by atoms with Crippen LogP contribution in [-0.2, 0) is 22.5 Å². The number of hydrogen-bond acceptors (Lipinski definition) is 9. The van der Waals surface area contributed by atoms with Gasteiger partial charge in [-0.25, -0.2) is 9.59 Å². The Morgan fingerprint density at radius 2 is 1.74 bits per heavy atom. The van der Waals surface area contributed by atoms with Crippen molar-refractivity contribution < 1.29 is 38.8 Å². The van der Waals surface area contributed by atoms with E-state index < -0.39 is 17.9 Å². The molecule has 1 aliphatic rings. The van der Waals surface area contributed by atoms with Crippen molar-refractivity contribution in [2.24, 2.45) is 5.92 Å². The number of nitrogens with one attached hydrogen (secondary N) is 1. The molecule has 13 heteroatoms. The maximum atomic E-state index is 13.5. The number of aromatic nitrogens is 1. The first-order valence-corrected chi connectivity index (χ1v) is 18.0. The molecule has 5 rings (SSSR count). The highest BCUT2D eigenvalue weighted by molar-refractivity contribution is 7.14. The summed E-state index contributed by atoms with van der Waals surface area (Å²) >= 11 is 14.3. The topological polar surface area (TPSA) is 121 Å². The van der Waals surface area contributed by atoms with Gasteiger partial charge in [0.15, 0.2) is 11.5 Å². The zero-order valence-electron chi connectivity index (χ0n) is 28.2. The number of rotatable bonds is 15. The zero-order valence-corrected chi connectivity index (χ0v) is 30.6. The average Bonchev–Trinajstić information content (AvgIpc) is 3.53. The molecule has 0 aliphatic carbocycles. The summed E-state index contributed by atoms with van der Waals surface area (Å²) in [6, 6.07) is 15.9. The van der Waals surface area contributed by atoms with Crippen molar-refractivity contribution in [2.75, 3.05) is 40.5 Å². The molecule has 3 heterocycles. The third-order valence-electron chi connectivity index (χ3n) is 8.90. The Balaban J connectivity index is 1.47. The average molecular weight is 744 g/mol. The molecule has 50 heavy (non-hydrogen) atoms. The molecule has 4 aromatic rings. The molecule has 0 amide bonds. The number of ether oxygens (including phenoxy) is 3. The minimum Gasteiger partial charge on any atom is -0.493 e. The zero-order chi connectivity index (χ0) is 35.8. The Kier molecular flexibility index (Phi) is 13.0. The number of esters is 1. The molecular formula is C37H42Cl2N3O7S+. The number of pyridine rings is 1. The van der Waals surface area contributed by atoms with Crippen LogP contribution in [0.3, 0.4) is 0 Å². The maximum absolute atomic E-state index is 13.5. The second kappa shape index (κ2) is 17.4. The second-order valence-corrected chi connectivity index (χ2v) is 14.3. The van der Waals surface area contributed by atoms with E-state index in [1.807, 2.05) is 55.5 Å². The first-order valence-electron chi connectivity index (χ1n) is 16.5. The molecule has 0 bridgehead atoms. The fourth-order valence-electron chi connectivity index (χ4n) is 6.19. The number of halogens is 2. The van der Waals surface area contributed by atoms with Gasteiger partial charge in [0.2, 0.25) is 12.4 Å². The normalized spacial score (nSPS) is 15.0. The van der Waals surface area contributed by atoms with Crippen molar-refractivity contribution in [3.05, 3.63) is 109 Å². The van der Waals surface area contributed by atoms with Gasteiger partial charge in [0.1, 0.15) is 21.0 Å². The SMILES string of the molecule is CCOc1cc(C(Cc2c(Cl)c[n+](O)cc2Cl)c2cc(CNC(C(=O)OCC3CCN(C)CC3)c3ccccc3)sc2C(=O)O)ccc1OC. The van der Waals surface area contributed by atoms with Gasteiger partial charge in [0.25, 0.3) is 0 Å². The van der Waals surface area contributed by atoms with Gasteiger partial charge in [-0.1, -0.05) is 59.6 Å². The number of methoxy groups -OCH3 is 1. The number of piperidine rings is 1. The van der Waals surface area contributed by atoms with Crippen molar-refractivity contribution in [1.82, 2.24) is 10.2 Å². The molecular weight excluding hydrogens is 701 g/mol. The van der Waals surface area contributed by atoms with Crippen LogP contribution < -0.4 is 19.5 Å². The number of carbonyl (C=O) groups is 2. The highest BCUT2D eigenvalue weighted by atomic mass is 35.5. The summed E-state index contributed by atoms with van der Waals surface area (Å²) in [5, 5.41) is 24.2. The van der Waals surface area contributed by atoms with Crippen LogP contribution in [-0.4, -0.2) is 67.6 Å². The Hall–Kier alpha value is -3.87. The van der Waals surface area contributed by atoms with Gasteiger partial charge >= 0.3 is 11.9 Å². The molecule has 2 unspecified atom stereocenters. The summed E-state index contributed by atoms with van der Waals surface area (Å²) in [5.41, 5.74) is 2.59. The molecule has 0 radical (unpaired) electrons. The third kappa shape index (κ3) is 9.26. The monoisotopic (exact) mass is 742 g/mol. The quantitative estimate of drug-likeness (QED) is 0.0688. The smallest absolute Gasteiger partial charge is 0.346 e. The van der Waals surface area contributed by atoms with Gasteiger partial charge in [-0.05, 0) is 87.1 Å². The lowest BCUT2D eigenvalue weighted by Crippen LogP contribution is -2.34. The van der Waals surface area contributed by atoms with Gasteiger partial charge in [0.05, 0.1) is 20.3 Å². The van der Waals surface area contributed by atoms with Crippen LogP contribution in [0.2, 0.25) is 10.0 Å². The van der Waals surface area contributed by atoms with Crippen molar-refractivity contribution in [3.63, 3.8) is 0 Å². The highest BCUT2D eigenvalue weighted by Crippen LogP contribution is 2.41. The molecule has 1 fully saturated rings. The summed E-state index contributed by atoms with van der Waals surface area (Å²) < 4.78 is 18.0. The summed E-state index contributed by atoms with van der Waals surface area (Å²) in [7, 11) is 3.65. The lowest BCUT2D eigenvalue weighted by molar-refractivity contribution is -0.904. The fraction of sp³-hybridized carbons (Fsp3) is 0.378. The van der Waals surface area contributed by atoms with Crippen molar-refractivity contribution in [1.29, 1.82) is 0 Å². The molecule has 1 saturated heterocycles. The van der Waals surface area contributed by atoms with Gasteiger partial charge in [-0.2, -0.15) is 0 Å². The maximum Gasteiger partial charge on any atom is 0.346 e. The van der Waals surface area contributed by atoms with Crippen LogP contribution in [0.1, 0.15) is 68.5 Å². The standard InChI is InChI=1S/C37H41Cl2N3O7S/c1-4-48-33-16-25(10-11-32(33)47-3)27(18-29-30(38)20-42(46)21-31(29)39)28-17-26(50-35(28)36(43)44)19-40-34(24-8-6-5-7-9-24)37(45)49-22-23-12-14-41(2)15-13-23/h5-11,16-17,20-21,23,27,34,40H,4,12-15,18-19,22H2,1-3H3,(H-,43,44,46)/p+1. The summed E-state index contributed by atoms with van der Waals surface area (Å²) in [5.74, 6) is -0.638. The molecule has 2 aromatic carbocycles. The number of aromatic carboxylic acids is 1. The Bertz CT molecular complexity index is 1760. The second-order valence-electron chi connectivity index (χ2n) is 12.3. The number of nitrogens with zero attached hydrogens (tertiary/aromatic N) is 2. The summed E-state index contributed by atoms with van der Waals surface area (Å²) in [4.78, 5) is 29.4. The number of carboxylic acids is 1. The van der Waals surface area contributed by atoms with E-state index in [1.165, 1.54) is 12.4 Å². The van der Waals surface area contributed by atoms with Crippen molar-refractivity contribution >= 4 is 46.5 Å². The van der Waals surface area contributed by atoms with E-state index in [0.29, 0.717) is 46.6 Å². The van der Waals surface area contributed by atoms with Crippen LogP contribution in [0.5, 0.6) is 11.5 Å². The molecule has 1 aliphatic heterocycles. The number of carbonyl (C=O) groups excluding carboxylic acids is 1. The van der Waals surface area contributed by atoms with Crippen molar-refractivity contribution in [2.45, 2.75) is 44.7 Å². The van der Waals surface area contributed by atoms with Crippen LogP contribution in [0.25, 0.3) is 0 Å². The molecule has 0 spiro atoms. The van der Waals surface area contributed by atoms with Crippen molar-refractivity contribution in [3.8, 4) is 11.5 Å². The van der Waals surface area contributed by atoms with Crippen LogP contribution in [0.15, 0.2) is 67.0 Å². The summed E-state index contributed by atoms with van der Waals surface area (Å²) in [6.07, 6.45) is 4.83. The van der Waals surface area contributed by atoms with E-state index in [0.717, 1.165) is 53.1 Å². The Morgan fingerprint density at radius 1 is 1.04 bits per heavy atom. The molecule has 10 nitrogen and oxygen atoms in total. The molecule has 2 atom stereocenters. The summed E-state index contributed by atoms with van der Waals surface area (Å²) in [6.45, 7) is 4.79. The first-order chi connectivity index (χ1) is 24.1. The number of thiophene rings is 1. The highest BCUT2D eigenvalue weighted by Gasteiger charge is 2.30. The number of hydrogen-bond donors (Lipinski definition) is 3. The van der Waals surface area contributed by atoms with E-state index >= 15 is 0 Å². The van der Waals surface area contributed by atoms with E-state index in [1.54, 1.807) is 13.2 Å². The van der Waals surface area contributed by atoms with Crippen LogP contribution >= 0.6 is 34.5 Å². The van der Waals surface area contributed by atoms with Gasteiger partial charge in [-0.3, -0.25) is 10.5 Å². The van der Waals surface area contributed by atoms with Crippen LogP contribution in [0.4, 0.5) is 0 Å². The number of carboxylic acid groups (broad SMARTS) is 1. The van der Waals surface area contributed by atoms with Gasteiger partial charge < -0.3 is 24.2 Å². The Labute approximate surface area is 306 Å². The Morgan fingerprint density at radius 3 is 2.38 bits per heavy atom. The lowest BCUT2D eigenvalue weighted by atomic mass is 9.85. The lowest BCUT2D eigenvalue weighted by Gasteiger charge is -2.29. The van der Waals surface area contributed by atoms with Gasteiger partial charge in [0, 0.05) is 27.6 Å². The minimum atomic E-state index is -1.09. The van der Waals surface area contributed by atoms with E-state index in [4.69, 9.17) is 37.4 Å².